The van der Waals surface area contributed by atoms with Crippen LogP contribution in [0.5, 0.6) is 11.6 Å². The molecule has 8 heteroatoms. The number of aromatic nitrogens is 2. The van der Waals surface area contributed by atoms with E-state index in [0.29, 0.717) is 0 Å². The van der Waals surface area contributed by atoms with Crippen LogP contribution in [0.4, 0.5) is 13.2 Å². The van der Waals surface area contributed by atoms with E-state index in [9.17, 15) is 18.4 Å². The molecule has 0 aliphatic heterocycles. The summed E-state index contributed by atoms with van der Waals surface area (Å²) in [5.41, 5.74) is 0.109. The van der Waals surface area contributed by atoms with Gasteiger partial charge in [0.25, 0.3) is 0 Å². The molecule has 0 aromatic carbocycles. The number of ether oxygens (including phenoxy) is 2. The Morgan fingerprint density at radius 1 is 1.50 bits per heavy atom. The predicted octanol–water partition coefficient (Wildman–Crippen LogP) is 0.973. The fourth-order valence-corrected chi connectivity index (χ4v) is 0.922. The quantitative estimate of drug-likeness (QED) is 0.581. The van der Waals surface area contributed by atoms with Crippen molar-refractivity contribution in [1.82, 2.24) is 5.10 Å². The monoisotopic (exact) mass is 238 g/mol. The maximum absolute atomic E-state index is 11.9. The summed E-state index contributed by atoms with van der Waals surface area (Å²) >= 11 is 0. The first-order chi connectivity index (χ1) is 7.33. The van der Waals surface area contributed by atoms with Crippen molar-refractivity contribution in [1.29, 1.82) is 0 Å². The van der Waals surface area contributed by atoms with Crippen LogP contribution in [0.2, 0.25) is 0 Å². The van der Waals surface area contributed by atoms with Gasteiger partial charge in [0.15, 0.2) is 12.4 Å². The lowest BCUT2D eigenvalue weighted by Crippen LogP contribution is -2.35. The number of nitrogens with zero attached hydrogens (tertiary/aromatic N) is 2. The molecule has 0 unspecified atom stereocenters. The van der Waals surface area contributed by atoms with Gasteiger partial charge >= 0.3 is 12.1 Å². The maximum atomic E-state index is 11.9. The Bertz CT molecular complexity index is 382. The lowest BCUT2D eigenvalue weighted by Gasteiger charge is -2.11. The highest BCUT2D eigenvalue weighted by Gasteiger charge is 2.29. The van der Waals surface area contributed by atoms with E-state index in [-0.39, 0.29) is 22.2 Å². The maximum Gasteiger partial charge on any atom is 0.422 e. The minimum Gasteiger partial charge on any atom is -0.594 e. The van der Waals surface area contributed by atoms with Crippen molar-refractivity contribution in [2.75, 3.05) is 13.7 Å². The third kappa shape index (κ3) is 3.14. The zero-order chi connectivity index (χ0) is 12.3. The predicted molar refractivity (Wildman–Crippen MR) is 46.0 cm³/mol. The summed E-state index contributed by atoms with van der Waals surface area (Å²) in [6, 6.07) is 1.13. The van der Waals surface area contributed by atoms with Crippen molar-refractivity contribution in [3.05, 3.63) is 17.0 Å². The first kappa shape index (κ1) is 12.3. The van der Waals surface area contributed by atoms with Gasteiger partial charge in [0.1, 0.15) is 0 Å². The van der Waals surface area contributed by atoms with Crippen molar-refractivity contribution in [2.45, 2.75) is 13.1 Å². The highest BCUT2D eigenvalue weighted by atomic mass is 19.4. The van der Waals surface area contributed by atoms with Gasteiger partial charge in [-0.1, -0.05) is 4.85 Å². The van der Waals surface area contributed by atoms with Gasteiger partial charge in [0.05, 0.1) is 18.3 Å². The third-order valence-electron chi connectivity index (χ3n) is 1.62. The molecule has 0 aliphatic carbocycles. The molecule has 0 atom stereocenters. The highest BCUT2D eigenvalue weighted by Crippen LogP contribution is 2.25. The van der Waals surface area contributed by atoms with Crippen molar-refractivity contribution in [2.24, 2.45) is 0 Å². The largest absolute Gasteiger partial charge is 0.594 e. The van der Waals surface area contributed by atoms with Crippen LogP contribution >= 0.6 is 0 Å². The zero-order valence-electron chi connectivity index (χ0n) is 8.54. The molecule has 0 N–H and O–H groups in total. The van der Waals surface area contributed by atoms with E-state index in [1.807, 2.05) is 0 Å². The van der Waals surface area contributed by atoms with E-state index in [0.717, 1.165) is 6.07 Å². The second kappa shape index (κ2) is 4.42. The van der Waals surface area contributed by atoms with Gasteiger partial charge < -0.3 is 14.7 Å². The van der Waals surface area contributed by atoms with Crippen LogP contribution in [0, 0.1) is 12.1 Å². The van der Waals surface area contributed by atoms with Crippen LogP contribution in [-0.2, 0) is 0 Å². The van der Waals surface area contributed by atoms with Gasteiger partial charge in [-0.25, -0.2) is 0 Å². The Balaban J connectivity index is 2.90. The summed E-state index contributed by atoms with van der Waals surface area (Å²) in [4.78, 5) is 0.235. The standard InChI is InChI=1S/C8H9F3N2O3/c1-5-3-6(16-4-8(9,10)11)7(15-2)12-13(5)14/h3H,4H2,1-2H3. The van der Waals surface area contributed by atoms with Gasteiger partial charge in [-0.3, -0.25) is 0 Å². The van der Waals surface area contributed by atoms with Crippen LogP contribution in [0.15, 0.2) is 6.07 Å². The van der Waals surface area contributed by atoms with Gasteiger partial charge in [-0.15, -0.1) is 0 Å². The molecule has 0 radical (unpaired) electrons. The first-order valence-corrected chi connectivity index (χ1v) is 4.18. The van der Waals surface area contributed by atoms with E-state index in [1.54, 1.807) is 0 Å². The molecule has 1 aromatic heterocycles. The number of methoxy groups -OCH3 is 1. The van der Waals surface area contributed by atoms with Gasteiger partial charge in [-0.05, 0) is 0 Å². The van der Waals surface area contributed by atoms with E-state index in [4.69, 9.17) is 0 Å². The smallest absolute Gasteiger partial charge is 0.422 e. The molecular formula is C8H9F3N2O3. The Morgan fingerprint density at radius 3 is 2.62 bits per heavy atom. The molecule has 0 saturated carbocycles. The average molecular weight is 238 g/mol. The van der Waals surface area contributed by atoms with Crippen molar-refractivity contribution >= 4 is 0 Å². The van der Waals surface area contributed by atoms with E-state index in [1.165, 1.54) is 14.0 Å². The number of hydrogen-bond acceptors (Lipinski definition) is 4. The first-order valence-electron chi connectivity index (χ1n) is 4.18. The molecule has 0 amide bonds. The summed E-state index contributed by atoms with van der Waals surface area (Å²) in [6.45, 7) is -0.0762. The molecular weight excluding hydrogens is 229 g/mol. The van der Waals surface area contributed by atoms with Crippen molar-refractivity contribution in [3.8, 4) is 11.6 Å². The molecule has 0 spiro atoms. The van der Waals surface area contributed by atoms with Crippen LogP contribution in [0.1, 0.15) is 5.69 Å². The number of hydrogen-bond donors (Lipinski definition) is 0. The van der Waals surface area contributed by atoms with Gasteiger partial charge in [0.2, 0.25) is 5.69 Å². The molecule has 1 aromatic rings. The fraction of sp³-hybridized carbons (Fsp3) is 0.500. The summed E-state index contributed by atoms with van der Waals surface area (Å²) in [6.07, 6.45) is -4.46. The molecule has 0 fully saturated rings. The average Bonchev–Trinajstić information content (AvgIpc) is 2.18. The van der Waals surface area contributed by atoms with Crippen molar-refractivity contribution < 1.29 is 27.5 Å². The number of alkyl halides is 3. The Morgan fingerprint density at radius 2 is 2.12 bits per heavy atom. The Labute approximate surface area is 89.0 Å². The van der Waals surface area contributed by atoms with Crippen molar-refractivity contribution in [3.63, 3.8) is 0 Å². The molecule has 16 heavy (non-hydrogen) atoms. The Kier molecular flexibility index (Phi) is 3.41. The lowest BCUT2D eigenvalue weighted by molar-refractivity contribution is -0.676. The molecule has 5 nitrogen and oxygen atoms in total. The number of rotatable bonds is 3. The van der Waals surface area contributed by atoms with Crippen LogP contribution in [0.25, 0.3) is 0 Å². The molecule has 0 bridgehead atoms. The van der Waals surface area contributed by atoms with E-state index in [2.05, 4.69) is 14.6 Å². The zero-order valence-corrected chi connectivity index (χ0v) is 8.54. The summed E-state index contributed by atoms with van der Waals surface area (Å²) in [7, 11) is 1.18. The Hall–Kier alpha value is -1.73. The van der Waals surface area contributed by atoms with Crippen LogP contribution < -0.4 is 14.3 Å². The highest BCUT2D eigenvalue weighted by molar-refractivity contribution is 5.31. The van der Waals surface area contributed by atoms with Crippen LogP contribution in [-0.4, -0.2) is 25.0 Å². The summed E-state index contributed by atoms with van der Waals surface area (Å²) in [5.74, 6) is -0.505. The minimum absolute atomic E-state index is 0.109. The third-order valence-corrected chi connectivity index (χ3v) is 1.62. The molecule has 90 valence electrons. The van der Waals surface area contributed by atoms with E-state index >= 15 is 0 Å². The van der Waals surface area contributed by atoms with E-state index < -0.39 is 12.8 Å². The van der Waals surface area contributed by atoms with Gasteiger partial charge in [0, 0.05) is 6.92 Å². The molecule has 0 saturated heterocycles. The topological polar surface area (TPSA) is 58.3 Å². The molecule has 1 rings (SSSR count). The normalized spacial score (nSPS) is 11.3. The number of halogens is 3. The van der Waals surface area contributed by atoms with Gasteiger partial charge in [-0.2, -0.15) is 13.2 Å². The fourth-order valence-electron chi connectivity index (χ4n) is 0.922. The second-order valence-electron chi connectivity index (χ2n) is 2.94. The molecule has 0 aliphatic rings. The number of aryl methyl sites for hydroxylation is 1. The minimum atomic E-state index is -4.46. The summed E-state index contributed by atoms with van der Waals surface area (Å²) < 4.78 is 44.8. The lowest BCUT2D eigenvalue weighted by atomic mass is 10.4. The SMILES string of the molecule is COc1n[n+]([O-])c(C)cc1OCC(F)(F)F. The second-order valence-corrected chi connectivity index (χ2v) is 2.94. The van der Waals surface area contributed by atoms with Crippen LogP contribution in [0.3, 0.4) is 0 Å². The summed E-state index contributed by atoms with van der Waals surface area (Å²) in [5, 5.41) is 14.3. The molecule has 1 heterocycles.